The Morgan fingerprint density at radius 1 is 1.28 bits per heavy atom. The molecule has 1 saturated heterocycles. The van der Waals surface area contributed by atoms with Crippen molar-refractivity contribution in [2.24, 2.45) is 0 Å². The van der Waals surface area contributed by atoms with E-state index in [-0.39, 0.29) is 5.91 Å². The number of nitrogens with zero attached hydrogens (tertiary/aromatic N) is 3. The molecular formula is C25H31ClN4O2. The molecule has 2 aromatic carbocycles. The van der Waals surface area contributed by atoms with Gasteiger partial charge >= 0.3 is 0 Å². The number of oxazole rings is 1. The van der Waals surface area contributed by atoms with Crippen LogP contribution in [0.1, 0.15) is 49.0 Å². The molecule has 1 fully saturated rings. The molecule has 6 nitrogen and oxygen atoms in total. The highest BCUT2D eigenvalue weighted by Crippen LogP contribution is 2.23. The lowest BCUT2D eigenvalue weighted by Crippen LogP contribution is -2.43. The van der Waals surface area contributed by atoms with Gasteiger partial charge in [0.15, 0.2) is 5.58 Å². The van der Waals surface area contributed by atoms with Gasteiger partial charge in [-0.3, -0.25) is 9.69 Å². The van der Waals surface area contributed by atoms with Crippen LogP contribution >= 0.6 is 11.6 Å². The molecular weight excluding hydrogens is 424 g/mol. The summed E-state index contributed by atoms with van der Waals surface area (Å²) in [6.45, 7) is 8.57. The molecule has 1 unspecified atom stereocenters. The SMILES string of the molecule is CCCN(CC1CCCN1CC)C(=O)c1ccc2oc(NCc3cccc(Cl)c3)nc2c1. The minimum Gasteiger partial charge on any atom is -0.424 e. The molecule has 1 aliphatic rings. The predicted molar refractivity (Wildman–Crippen MR) is 129 cm³/mol. The van der Waals surface area contributed by atoms with Gasteiger partial charge in [-0.05, 0) is 68.2 Å². The van der Waals surface area contributed by atoms with E-state index in [0.29, 0.717) is 40.3 Å². The largest absolute Gasteiger partial charge is 0.424 e. The number of benzene rings is 2. The number of carbonyl (C=O) groups excluding carboxylic acids is 1. The highest BCUT2D eigenvalue weighted by molar-refractivity contribution is 6.30. The number of rotatable bonds is 9. The van der Waals surface area contributed by atoms with E-state index in [4.69, 9.17) is 16.0 Å². The van der Waals surface area contributed by atoms with Crippen molar-refractivity contribution >= 4 is 34.6 Å². The Balaban J connectivity index is 1.47. The molecule has 2 heterocycles. The second-order valence-electron chi connectivity index (χ2n) is 8.36. The van der Waals surface area contributed by atoms with E-state index < -0.39 is 0 Å². The van der Waals surface area contributed by atoms with Crippen molar-refractivity contribution in [1.29, 1.82) is 0 Å². The molecule has 1 aliphatic heterocycles. The topological polar surface area (TPSA) is 61.6 Å². The predicted octanol–water partition coefficient (Wildman–Crippen LogP) is 5.43. The molecule has 0 radical (unpaired) electrons. The number of carbonyl (C=O) groups is 1. The molecule has 0 bridgehead atoms. The van der Waals surface area contributed by atoms with E-state index in [9.17, 15) is 4.79 Å². The maximum Gasteiger partial charge on any atom is 0.295 e. The van der Waals surface area contributed by atoms with Crippen LogP contribution in [0.25, 0.3) is 11.1 Å². The van der Waals surface area contributed by atoms with Crippen LogP contribution in [0.5, 0.6) is 0 Å². The summed E-state index contributed by atoms with van der Waals surface area (Å²) in [4.78, 5) is 22.3. The smallest absolute Gasteiger partial charge is 0.295 e. The summed E-state index contributed by atoms with van der Waals surface area (Å²) in [6, 6.07) is 14.0. The third kappa shape index (κ3) is 5.25. The normalized spacial score (nSPS) is 16.5. The Kier molecular flexibility index (Phi) is 7.33. The first-order valence-corrected chi connectivity index (χ1v) is 11.9. The number of fused-ring (bicyclic) bond motifs is 1. The first kappa shape index (κ1) is 22.6. The summed E-state index contributed by atoms with van der Waals surface area (Å²) in [5, 5.41) is 3.89. The lowest BCUT2D eigenvalue weighted by atomic mass is 10.1. The van der Waals surface area contributed by atoms with Crippen molar-refractivity contribution in [1.82, 2.24) is 14.8 Å². The maximum absolute atomic E-state index is 13.3. The van der Waals surface area contributed by atoms with Crippen molar-refractivity contribution in [3.63, 3.8) is 0 Å². The first-order chi connectivity index (χ1) is 15.6. The molecule has 0 saturated carbocycles. The third-order valence-corrected chi connectivity index (χ3v) is 6.32. The lowest BCUT2D eigenvalue weighted by molar-refractivity contribution is 0.0707. The zero-order chi connectivity index (χ0) is 22.5. The fourth-order valence-electron chi connectivity index (χ4n) is 4.46. The van der Waals surface area contributed by atoms with Crippen LogP contribution in [-0.2, 0) is 6.54 Å². The Morgan fingerprint density at radius 3 is 2.94 bits per heavy atom. The second-order valence-corrected chi connectivity index (χ2v) is 8.80. The average molecular weight is 455 g/mol. The number of hydrogen-bond acceptors (Lipinski definition) is 5. The van der Waals surface area contributed by atoms with Crippen molar-refractivity contribution in [3.05, 3.63) is 58.6 Å². The Morgan fingerprint density at radius 2 is 2.16 bits per heavy atom. The summed E-state index contributed by atoms with van der Waals surface area (Å²) in [5.41, 5.74) is 3.03. The van der Waals surface area contributed by atoms with Gasteiger partial charge in [0.2, 0.25) is 0 Å². The number of likely N-dealkylation sites (tertiary alicyclic amines) is 1. The van der Waals surface area contributed by atoms with Crippen LogP contribution in [-0.4, -0.2) is 52.9 Å². The van der Waals surface area contributed by atoms with Crippen molar-refractivity contribution < 1.29 is 9.21 Å². The zero-order valence-corrected chi connectivity index (χ0v) is 19.6. The Bertz CT molecular complexity index is 1070. The molecule has 3 aromatic rings. The van der Waals surface area contributed by atoms with Crippen LogP contribution in [0.2, 0.25) is 5.02 Å². The third-order valence-electron chi connectivity index (χ3n) is 6.08. The van der Waals surface area contributed by atoms with Crippen LogP contribution in [0.15, 0.2) is 46.9 Å². The Labute approximate surface area is 194 Å². The molecule has 4 rings (SSSR count). The molecule has 32 heavy (non-hydrogen) atoms. The summed E-state index contributed by atoms with van der Waals surface area (Å²) < 4.78 is 5.81. The van der Waals surface area contributed by atoms with Crippen molar-refractivity contribution in [3.8, 4) is 0 Å². The molecule has 1 N–H and O–H groups in total. The van der Waals surface area contributed by atoms with Gasteiger partial charge in [-0.15, -0.1) is 0 Å². The summed E-state index contributed by atoms with van der Waals surface area (Å²) in [6.07, 6.45) is 3.31. The minimum atomic E-state index is 0.0631. The Hall–Kier alpha value is -2.57. The number of likely N-dealkylation sites (N-methyl/N-ethyl adjacent to an activating group) is 1. The first-order valence-electron chi connectivity index (χ1n) is 11.5. The minimum absolute atomic E-state index is 0.0631. The van der Waals surface area contributed by atoms with Gasteiger partial charge in [-0.1, -0.05) is 37.6 Å². The summed E-state index contributed by atoms with van der Waals surface area (Å²) >= 11 is 6.05. The summed E-state index contributed by atoms with van der Waals surface area (Å²) in [7, 11) is 0. The van der Waals surface area contributed by atoms with Crippen molar-refractivity contribution in [2.75, 3.05) is 31.5 Å². The maximum atomic E-state index is 13.3. The quantitative estimate of drug-likeness (QED) is 0.467. The highest BCUT2D eigenvalue weighted by atomic mass is 35.5. The lowest BCUT2D eigenvalue weighted by Gasteiger charge is -2.30. The zero-order valence-electron chi connectivity index (χ0n) is 18.8. The van der Waals surface area contributed by atoms with Crippen molar-refractivity contribution in [2.45, 2.75) is 45.7 Å². The van der Waals surface area contributed by atoms with Gasteiger partial charge < -0.3 is 14.6 Å². The molecule has 7 heteroatoms. The van der Waals surface area contributed by atoms with Crippen LogP contribution in [0.3, 0.4) is 0 Å². The highest BCUT2D eigenvalue weighted by Gasteiger charge is 2.27. The van der Waals surface area contributed by atoms with Gasteiger partial charge in [-0.2, -0.15) is 4.98 Å². The van der Waals surface area contributed by atoms with Gasteiger partial charge in [-0.25, -0.2) is 0 Å². The number of aromatic nitrogens is 1. The fraction of sp³-hybridized carbons (Fsp3) is 0.440. The van der Waals surface area contributed by atoms with Gasteiger partial charge in [0.05, 0.1) is 0 Å². The fourth-order valence-corrected chi connectivity index (χ4v) is 4.67. The number of amides is 1. The van der Waals surface area contributed by atoms with Gasteiger partial charge in [0, 0.05) is 36.3 Å². The van der Waals surface area contributed by atoms with Gasteiger partial charge in [0.25, 0.3) is 11.9 Å². The average Bonchev–Trinajstić information content (AvgIpc) is 3.42. The van der Waals surface area contributed by atoms with E-state index >= 15 is 0 Å². The molecule has 1 amide bonds. The van der Waals surface area contributed by atoms with E-state index in [1.807, 2.05) is 47.4 Å². The summed E-state index contributed by atoms with van der Waals surface area (Å²) in [5.74, 6) is 0.0631. The standard InChI is InChI=1S/C25H31ClN4O2/c1-3-12-30(17-21-9-6-13-29(21)4-2)24(31)19-10-11-23-22(15-19)28-25(32-23)27-16-18-7-5-8-20(26)14-18/h5,7-8,10-11,14-15,21H,3-4,6,9,12-13,16-17H2,1-2H3,(H,27,28). The van der Waals surface area contributed by atoms with E-state index in [1.54, 1.807) is 0 Å². The molecule has 1 aromatic heterocycles. The van der Waals surface area contributed by atoms with Crippen LogP contribution in [0, 0.1) is 0 Å². The van der Waals surface area contributed by atoms with Crippen LogP contribution in [0.4, 0.5) is 6.01 Å². The monoisotopic (exact) mass is 454 g/mol. The number of nitrogens with one attached hydrogen (secondary N) is 1. The molecule has 0 aliphatic carbocycles. The number of anilines is 1. The second kappa shape index (κ2) is 10.4. The van der Waals surface area contributed by atoms with Gasteiger partial charge in [0.1, 0.15) is 5.52 Å². The van der Waals surface area contributed by atoms with E-state index in [2.05, 4.69) is 29.0 Å². The van der Waals surface area contributed by atoms with Crippen LogP contribution < -0.4 is 5.32 Å². The van der Waals surface area contributed by atoms with E-state index in [1.165, 1.54) is 6.42 Å². The molecule has 0 spiro atoms. The molecule has 1 atom stereocenters. The van der Waals surface area contributed by atoms with E-state index in [0.717, 1.165) is 44.6 Å². The number of hydrogen-bond donors (Lipinski definition) is 1. The number of halogens is 1. The molecule has 170 valence electrons.